The van der Waals surface area contributed by atoms with Gasteiger partial charge in [-0.2, -0.15) is 0 Å². The van der Waals surface area contributed by atoms with Crippen molar-refractivity contribution in [2.24, 2.45) is 5.73 Å². The lowest BCUT2D eigenvalue weighted by atomic mass is 10.0. The number of ether oxygens (including phenoxy) is 3. The molecule has 0 fully saturated rings. The molecule has 5 nitrogen and oxygen atoms in total. The number of fused-ring (bicyclic) bond motifs is 1. The minimum Gasteiger partial charge on any atom is -0.495 e. The average molecular weight is 260 g/mol. The van der Waals surface area contributed by atoms with Crippen LogP contribution in [0.4, 0.5) is 0 Å². The lowest BCUT2D eigenvalue weighted by Crippen LogP contribution is -2.22. The molecule has 0 amide bonds. The molecule has 1 atom stereocenters. The molecule has 0 bridgehead atoms. The monoisotopic (exact) mass is 259 g/mol. The summed E-state index contributed by atoms with van der Waals surface area (Å²) in [6.45, 7) is 0.666. The van der Waals surface area contributed by atoms with Crippen molar-refractivity contribution in [3.05, 3.63) is 16.7 Å². The van der Waals surface area contributed by atoms with Gasteiger partial charge in [-0.1, -0.05) is 11.6 Å². The molecule has 1 unspecified atom stereocenters. The van der Waals surface area contributed by atoms with Crippen LogP contribution in [0.2, 0.25) is 5.02 Å². The van der Waals surface area contributed by atoms with Crippen molar-refractivity contribution in [3.63, 3.8) is 0 Å². The number of halogens is 1. The second-order valence-electron chi connectivity index (χ2n) is 3.62. The lowest BCUT2D eigenvalue weighted by Gasteiger charge is -2.25. The van der Waals surface area contributed by atoms with Crippen molar-refractivity contribution in [2.45, 2.75) is 6.04 Å². The van der Waals surface area contributed by atoms with Crippen molar-refractivity contribution in [1.82, 2.24) is 0 Å². The highest BCUT2D eigenvalue weighted by atomic mass is 35.5. The third-order valence-corrected chi connectivity index (χ3v) is 2.83. The quantitative estimate of drug-likeness (QED) is 0.851. The Hall–Kier alpha value is -1.17. The fourth-order valence-electron chi connectivity index (χ4n) is 1.80. The summed E-state index contributed by atoms with van der Waals surface area (Å²) in [6.07, 6.45) is 0. The zero-order valence-electron chi connectivity index (χ0n) is 9.40. The molecule has 0 saturated carbocycles. The molecule has 17 heavy (non-hydrogen) atoms. The highest BCUT2D eigenvalue weighted by molar-refractivity contribution is 6.32. The van der Waals surface area contributed by atoms with E-state index in [0.29, 0.717) is 41.0 Å². The molecule has 0 saturated heterocycles. The van der Waals surface area contributed by atoms with Crippen LogP contribution >= 0.6 is 11.6 Å². The molecule has 0 aliphatic carbocycles. The summed E-state index contributed by atoms with van der Waals surface area (Å²) < 4.78 is 16.2. The van der Waals surface area contributed by atoms with E-state index in [1.54, 1.807) is 6.07 Å². The Morgan fingerprint density at radius 1 is 1.53 bits per heavy atom. The predicted molar refractivity (Wildman–Crippen MR) is 63.0 cm³/mol. The summed E-state index contributed by atoms with van der Waals surface area (Å²) in [6, 6.07) is 1.00. The van der Waals surface area contributed by atoms with Gasteiger partial charge in [0.15, 0.2) is 11.5 Å². The Bertz CT molecular complexity index is 424. The van der Waals surface area contributed by atoms with Crippen molar-refractivity contribution in [1.29, 1.82) is 0 Å². The number of methoxy groups -OCH3 is 1. The van der Waals surface area contributed by atoms with Crippen molar-refractivity contribution < 1.29 is 19.3 Å². The second-order valence-corrected chi connectivity index (χ2v) is 4.03. The van der Waals surface area contributed by atoms with E-state index >= 15 is 0 Å². The molecule has 1 aromatic carbocycles. The van der Waals surface area contributed by atoms with Gasteiger partial charge in [-0.25, -0.2) is 0 Å². The van der Waals surface area contributed by atoms with E-state index in [2.05, 4.69) is 0 Å². The van der Waals surface area contributed by atoms with Gasteiger partial charge in [-0.3, -0.25) is 0 Å². The molecule has 94 valence electrons. The lowest BCUT2D eigenvalue weighted by molar-refractivity contribution is 0.166. The summed E-state index contributed by atoms with van der Waals surface area (Å²) in [5, 5.41) is 9.57. The maximum atomic E-state index is 9.18. The molecule has 1 aromatic rings. The summed E-state index contributed by atoms with van der Waals surface area (Å²) in [5.74, 6) is 1.44. The van der Waals surface area contributed by atoms with Crippen LogP contribution in [-0.2, 0) is 0 Å². The number of hydrogen-bond acceptors (Lipinski definition) is 5. The van der Waals surface area contributed by atoms with Gasteiger partial charge in [0.05, 0.1) is 30.3 Å². The third-order valence-electron chi connectivity index (χ3n) is 2.55. The first-order chi connectivity index (χ1) is 8.19. The van der Waals surface area contributed by atoms with Crippen LogP contribution < -0.4 is 19.9 Å². The largest absolute Gasteiger partial charge is 0.495 e. The number of nitrogens with two attached hydrogens (primary N) is 1. The molecule has 1 aliphatic rings. The van der Waals surface area contributed by atoms with Crippen molar-refractivity contribution in [3.8, 4) is 17.2 Å². The number of rotatable bonds is 3. The smallest absolute Gasteiger partial charge is 0.170 e. The van der Waals surface area contributed by atoms with Crippen LogP contribution in [0.25, 0.3) is 0 Å². The topological polar surface area (TPSA) is 73.9 Å². The number of aliphatic hydroxyl groups is 1. The van der Waals surface area contributed by atoms with E-state index in [1.165, 1.54) is 7.11 Å². The van der Waals surface area contributed by atoms with Gasteiger partial charge in [0.25, 0.3) is 0 Å². The highest BCUT2D eigenvalue weighted by Crippen LogP contribution is 2.46. The van der Waals surface area contributed by atoms with Crippen LogP contribution in [0.3, 0.4) is 0 Å². The van der Waals surface area contributed by atoms with E-state index in [9.17, 15) is 5.11 Å². The van der Waals surface area contributed by atoms with Gasteiger partial charge in [0, 0.05) is 6.07 Å². The van der Waals surface area contributed by atoms with Gasteiger partial charge < -0.3 is 25.1 Å². The van der Waals surface area contributed by atoms with Crippen LogP contribution in [0, 0.1) is 0 Å². The molecule has 0 spiro atoms. The van der Waals surface area contributed by atoms with Gasteiger partial charge in [0.2, 0.25) is 0 Å². The van der Waals surface area contributed by atoms with Gasteiger partial charge in [-0.15, -0.1) is 0 Å². The number of benzene rings is 1. The SMILES string of the molecule is COc1c(Cl)cc2c(c1C(N)CO)OCCO2. The summed E-state index contributed by atoms with van der Waals surface area (Å²) >= 11 is 6.07. The van der Waals surface area contributed by atoms with Crippen LogP contribution in [0.15, 0.2) is 6.07 Å². The van der Waals surface area contributed by atoms with E-state index in [0.717, 1.165) is 0 Å². The van der Waals surface area contributed by atoms with Crippen LogP contribution in [0.1, 0.15) is 11.6 Å². The second kappa shape index (κ2) is 5.00. The third kappa shape index (κ3) is 2.13. The maximum absolute atomic E-state index is 9.18. The molecular weight excluding hydrogens is 246 g/mol. The normalized spacial score (nSPS) is 15.5. The van der Waals surface area contributed by atoms with E-state index in [4.69, 9.17) is 31.5 Å². The summed E-state index contributed by atoms with van der Waals surface area (Å²) in [4.78, 5) is 0. The van der Waals surface area contributed by atoms with Crippen LogP contribution in [-0.4, -0.2) is 32.0 Å². The molecule has 0 radical (unpaired) electrons. The van der Waals surface area contributed by atoms with E-state index < -0.39 is 6.04 Å². The standard InChI is InChI=1S/C11H14ClNO4/c1-15-10-6(12)4-8-11(17-3-2-16-8)9(10)7(13)5-14/h4,7,14H,2-3,5,13H2,1H3. The molecule has 2 rings (SSSR count). The molecular formula is C11H14ClNO4. The Morgan fingerprint density at radius 3 is 2.88 bits per heavy atom. The highest BCUT2D eigenvalue weighted by Gasteiger charge is 2.26. The van der Waals surface area contributed by atoms with Gasteiger partial charge in [0.1, 0.15) is 19.0 Å². The van der Waals surface area contributed by atoms with Gasteiger partial charge in [-0.05, 0) is 0 Å². The summed E-state index contributed by atoms with van der Waals surface area (Å²) in [5.41, 5.74) is 6.38. The zero-order valence-corrected chi connectivity index (χ0v) is 10.2. The molecule has 0 aromatic heterocycles. The predicted octanol–water partition coefficient (Wildman–Crippen LogP) is 1.11. The number of hydrogen-bond donors (Lipinski definition) is 2. The van der Waals surface area contributed by atoms with E-state index in [1.807, 2.05) is 0 Å². The fourth-order valence-corrected chi connectivity index (χ4v) is 2.08. The first-order valence-electron chi connectivity index (χ1n) is 5.21. The molecule has 1 heterocycles. The Morgan fingerprint density at radius 2 is 2.24 bits per heavy atom. The molecule has 3 N–H and O–H groups in total. The van der Waals surface area contributed by atoms with Crippen LogP contribution in [0.5, 0.6) is 17.2 Å². The average Bonchev–Trinajstić information content (AvgIpc) is 2.36. The summed E-state index contributed by atoms with van der Waals surface area (Å²) in [7, 11) is 1.49. The van der Waals surface area contributed by atoms with Crippen molar-refractivity contribution >= 4 is 11.6 Å². The molecule has 6 heteroatoms. The minimum absolute atomic E-state index is 0.230. The van der Waals surface area contributed by atoms with E-state index in [-0.39, 0.29) is 6.61 Å². The fraction of sp³-hybridized carbons (Fsp3) is 0.455. The molecule has 1 aliphatic heterocycles. The first-order valence-corrected chi connectivity index (χ1v) is 5.59. The first kappa shape index (κ1) is 12.3. The Labute approximate surface area is 104 Å². The van der Waals surface area contributed by atoms with Gasteiger partial charge >= 0.3 is 0 Å². The Kier molecular flexibility index (Phi) is 3.61. The Balaban J connectivity index is 2.61. The zero-order chi connectivity index (χ0) is 12.4. The number of aliphatic hydroxyl groups excluding tert-OH is 1. The maximum Gasteiger partial charge on any atom is 0.170 e. The van der Waals surface area contributed by atoms with Crippen molar-refractivity contribution in [2.75, 3.05) is 26.9 Å². The minimum atomic E-state index is -0.626.